The maximum Gasteiger partial charge on any atom is 0.408 e. The molecule has 3 atom stereocenters. The van der Waals surface area contributed by atoms with Crippen LogP contribution in [0.1, 0.15) is 31.9 Å². The number of ether oxygens (including phenoxy) is 1. The zero-order chi connectivity index (χ0) is 29.8. The van der Waals surface area contributed by atoms with E-state index in [9.17, 15) is 23.1 Å². The number of carbonyl (C=O) groups excluding carboxylic acids is 2. The first-order chi connectivity index (χ1) is 19.6. The van der Waals surface area contributed by atoms with Crippen molar-refractivity contribution in [1.82, 2.24) is 14.9 Å². The summed E-state index contributed by atoms with van der Waals surface area (Å²) in [5.41, 5.74) is 1.66. The monoisotopic (exact) mass is 581 g/mol. The summed E-state index contributed by atoms with van der Waals surface area (Å²) in [6.45, 7) is 5.31. The van der Waals surface area contributed by atoms with Crippen molar-refractivity contribution in [3.63, 3.8) is 0 Å². The number of benzene rings is 3. The normalized spacial score (nSPS) is 13.8. The summed E-state index contributed by atoms with van der Waals surface area (Å²) in [4.78, 5) is 25.5. The van der Waals surface area contributed by atoms with E-state index in [2.05, 4.69) is 10.6 Å². The summed E-state index contributed by atoms with van der Waals surface area (Å²) in [6.07, 6.45) is -1.75. The molecule has 220 valence electrons. The Morgan fingerprint density at radius 1 is 0.805 bits per heavy atom. The fourth-order valence-electron chi connectivity index (χ4n) is 4.22. The maximum atomic E-state index is 13.5. The number of aliphatic hydroxyl groups excluding tert-OH is 1. The van der Waals surface area contributed by atoms with E-state index in [0.717, 1.165) is 11.1 Å². The number of nitrogens with one attached hydrogen (secondary N) is 2. The molecule has 3 N–H and O–H groups in total. The highest BCUT2D eigenvalue weighted by Gasteiger charge is 2.32. The number of carbonyl (C=O) groups is 2. The minimum Gasteiger partial charge on any atom is -0.445 e. The first kappa shape index (κ1) is 31.8. The van der Waals surface area contributed by atoms with Crippen LogP contribution in [0.3, 0.4) is 0 Å². The zero-order valence-electron chi connectivity index (χ0n) is 23.6. The number of amides is 2. The SMILES string of the molecule is CC(C)CN(CC(O)[C@H](Cc1ccccc1)NC(=O)[C@H](C)NC(=O)OCc1ccccc1)S(=O)(=O)c1ccccc1. The number of nitrogens with zero attached hydrogens (tertiary/aromatic N) is 1. The molecule has 0 fully saturated rings. The molecular weight excluding hydrogens is 542 g/mol. The predicted molar refractivity (Wildman–Crippen MR) is 157 cm³/mol. The lowest BCUT2D eigenvalue weighted by molar-refractivity contribution is -0.124. The van der Waals surface area contributed by atoms with Crippen LogP contribution in [-0.2, 0) is 32.6 Å². The van der Waals surface area contributed by atoms with Crippen molar-refractivity contribution in [1.29, 1.82) is 0 Å². The van der Waals surface area contributed by atoms with Crippen molar-refractivity contribution >= 4 is 22.0 Å². The molecule has 0 saturated heterocycles. The van der Waals surface area contributed by atoms with Crippen LogP contribution >= 0.6 is 0 Å². The van der Waals surface area contributed by atoms with Crippen LogP contribution in [0.25, 0.3) is 0 Å². The molecule has 9 nitrogen and oxygen atoms in total. The highest BCUT2D eigenvalue weighted by molar-refractivity contribution is 7.89. The summed E-state index contributed by atoms with van der Waals surface area (Å²) in [6, 6.07) is 24.7. The van der Waals surface area contributed by atoms with Crippen LogP contribution in [0.15, 0.2) is 95.9 Å². The lowest BCUT2D eigenvalue weighted by Crippen LogP contribution is -2.55. The van der Waals surface area contributed by atoms with Crippen LogP contribution < -0.4 is 10.6 Å². The van der Waals surface area contributed by atoms with Crippen LogP contribution in [0.4, 0.5) is 4.79 Å². The lowest BCUT2D eigenvalue weighted by atomic mass is 10.0. The fraction of sp³-hybridized carbons (Fsp3) is 0.355. The Kier molecular flexibility index (Phi) is 11.9. The number of sulfonamides is 1. The predicted octanol–water partition coefficient (Wildman–Crippen LogP) is 3.74. The number of aliphatic hydroxyl groups is 1. The lowest BCUT2D eigenvalue weighted by Gasteiger charge is -2.31. The molecule has 3 aromatic carbocycles. The summed E-state index contributed by atoms with van der Waals surface area (Å²) < 4.78 is 33.4. The molecule has 0 radical (unpaired) electrons. The maximum absolute atomic E-state index is 13.5. The Morgan fingerprint density at radius 3 is 1.90 bits per heavy atom. The average Bonchev–Trinajstić information content (AvgIpc) is 2.96. The quantitative estimate of drug-likeness (QED) is 0.266. The molecule has 0 saturated carbocycles. The van der Waals surface area contributed by atoms with Gasteiger partial charge in [-0.2, -0.15) is 4.31 Å². The topological polar surface area (TPSA) is 125 Å². The van der Waals surface area contributed by atoms with Crippen molar-refractivity contribution in [3.05, 3.63) is 102 Å². The summed E-state index contributed by atoms with van der Waals surface area (Å²) in [5, 5.41) is 16.7. The van der Waals surface area contributed by atoms with E-state index in [1.54, 1.807) is 18.2 Å². The molecule has 0 aliphatic rings. The minimum atomic E-state index is -3.90. The Labute approximate surface area is 242 Å². The van der Waals surface area contributed by atoms with Gasteiger partial charge in [-0.05, 0) is 42.5 Å². The standard InChI is InChI=1S/C31H39N3O6S/c1-23(2)20-34(41(38,39)27-17-11-6-12-18-27)21-29(35)28(19-25-13-7-4-8-14-25)33-30(36)24(3)32-31(37)40-22-26-15-9-5-10-16-26/h4-18,23-24,28-29,35H,19-22H2,1-3H3,(H,32,37)(H,33,36)/t24-,28-,29?/m0/s1. The molecule has 3 rings (SSSR count). The third-order valence-electron chi connectivity index (χ3n) is 6.37. The third-order valence-corrected chi connectivity index (χ3v) is 8.22. The molecular formula is C31H39N3O6S. The molecule has 10 heteroatoms. The number of rotatable bonds is 14. The Balaban J connectivity index is 1.72. The summed E-state index contributed by atoms with van der Waals surface area (Å²) >= 11 is 0. The smallest absolute Gasteiger partial charge is 0.408 e. The van der Waals surface area contributed by atoms with E-state index < -0.39 is 40.2 Å². The number of alkyl carbamates (subject to hydrolysis) is 1. The summed E-state index contributed by atoms with van der Waals surface area (Å²) in [7, 11) is -3.90. The highest BCUT2D eigenvalue weighted by Crippen LogP contribution is 2.19. The molecule has 2 amide bonds. The van der Waals surface area contributed by atoms with Gasteiger partial charge in [-0.1, -0.05) is 92.7 Å². The third kappa shape index (κ3) is 10.00. The van der Waals surface area contributed by atoms with E-state index in [4.69, 9.17) is 4.74 Å². The van der Waals surface area contributed by atoms with E-state index >= 15 is 0 Å². The second-order valence-electron chi connectivity index (χ2n) is 10.3. The Hall–Kier alpha value is -3.73. The first-order valence-corrected chi connectivity index (χ1v) is 15.0. The summed E-state index contributed by atoms with van der Waals surface area (Å²) in [5.74, 6) is -0.544. The molecule has 0 spiro atoms. The Morgan fingerprint density at radius 2 is 1.34 bits per heavy atom. The second-order valence-corrected chi connectivity index (χ2v) is 12.3. The average molecular weight is 582 g/mol. The van der Waals surface area contributed by atoms with Crippen molar-refractivity contribution in [2.24, 2.45) is 5.92 Å². The van der Waals surface area contributed by atoms with Gasteiger partial charge in [0.15, 0.2) is 0 Å². The van der Waals surface area contributed by atoms with Gasteiger partial charge in [-0.25, -0.2) is 13.2 Å². The van der Waals surface area contributed by atoms with Crippen LogP contribution in [0.5, 0.6) is 0 Å². The van der Waals surface area contributed by atoms with Gasteiger partial charge in [0.25, 0.3) is 0 Å². The largest absolute Gasteiger partial charge is 0.445 e. The molecule has 3 aromatic rings. The van der Waals surface area contributed by atoms with Gasteiger partial charge in [0.1, 0.15) is 12.6 Å². The van der Waals surface area contributed by atoms with E-state index in [1.165, 1.54) is 23.4 Å². The molecule has 0 heterocycles. The second kappa shape index (κ2) is 15.3. The van der Waals surface area contributed by atoms with Crippen molar-refractivity contribution in [2.75, 3.05) is 13.1 Å². The fourth-order valence-corrected chi connectivity index (χ4v) is 5.86. The van der Waals surface area contributed by atoms with Gasteiger partial charge in [-0.3, -0.25) is 4.79 Å². The molecule has 0 aromatic heterocycles. The zero-order valence-corrected chi connectivity index (χ0v) is 24.5. The van der Waals surface area contributed by atoms with Crippen LogP contribution in [-0.4, -0.2) is 61.1 Å². The van der Waals surface area contributed by atoms with Crippen molar-refractivity contribution in [3.8, 4) is 0 Å². The van der Waals surface area contributed by atoms with Crippen LogP contribution in [0.2, 0.25) is 0 Å². The number of hydrogen-bond acceptors (Lipinski definition) is 6. The van der Waals surface area contributed by atoms with E-state index in [-0.39, 0.29) is 36.9 Å². The van der Waals surface area contributed by atoms with Crippen molar-refractivity contribution < 1.29 is 27.9 Å². The molecule has 1 unspecified atom stereocenters. The van der Waals surface area contributed by atoms with Gasteiger partial charge in [-0.15, -0.1) is 0 Å². The molecule has 41 heavy (non-hydrogen) atoms. The van der Waals surface area contributed by atoms with Crippen molar-refractivity contribution in [2.45, 2.75) is 56.9 Å². The molecule has 0 bridgehead atoms. The minimum absolute atomic E-state index is 0.00558. The van der Waals surface area contributed by atoms with Gasteiger partial charge in [0, 0.05) is 13.1 Å². The van der Waals surface area contributed by atoms with E-state index in [1.807, 2.05) is 74.5 Å². The first-order valence-electron chi connectivity index (χ1n) is 13.6. The van der Waals surface area contributed by atoms with Crippen LogP contribution in [0, 0.1) is 5.92 Å². The van der Waals surface area contributed by atoms with E-state index in [0.29, 0.717) is 0 Å². The van der Waals surface area contributed by atoms with Gasteiger partial charge in [0.2, 0.25) is 15.9 Å². The van der Waals surface area contributed by atoms with Gasteiger partial charge < -0.3 is 20.5 Å². The molecule has 0 aliphatic carbocycles. The highest BCUT2D eigenvalue weighted by atomic mass is 32.2. The van der Waals surface area contributed by atoms with Gasteiger partial charge >= 0.3 is 6.09 Å². The Bertz CT molecular complexity index is 1340. The van der Waals surface area contributed by atoms with Gasteiger partial charge in [0.05, 0.1) is 17.0 Å². The molecule has 0 aliphatic heterocycles. The number of hydrogen-bond donors (Lipinski definition) is 3.